The van der Waals surface area contributed by atoms with Crippen LogP contribution in [0.5, 0.6) is 0 Å². The van der Waals surface area contributed by atoms with Crippen molar-refractivity contribution in [3.8, 4) is 0 Å². The summed E-state index contributed by atoms with van der Waals surface area (Å²) in [4.78, 5) is 12.7. The van der Waals surface area contributed by atoms with Gasteiger partial charge in [-0.3, -0.25) is 4.79 Å². The quantitative estimate of drug-likeness (QED) is 0.267. The van der Waals surface area contributed by atoms with E-state index in [1.54, 1.807) is 0 Å². The fourth-order valence-electron chi connectivity index (χ4n) is 21.6. The second kappa shape index (κ2) is 14.5. The van der Waals surface area contributed by atoms with Crippen molar-refractivity contribution in [2.75, 3.05) is 0 Å². The van der Waals surface area contributed by atoms with Gasteiger partial charge in [0.25, 0.3) is 0 Å². The van der Waals surface area contributed by atoms with Crippen molar-refractivity contribution in [2.24, 2.45) is 112 Å². The Bertz CT molecular complexity index is 1950. The van der Waals surface area contributed by atoms with E-state index in [4.69, 9.17) is 0 Å². The van der Waals surface area contributed by atoms with Gasteiger partial charge >= 0.3 is 5.97 Å². The molecule has 362 valence electrons. The summed E-state index contributed by atoms with van der Waals surface area (Å²) in [7, 11) is 0. The molecule has 0 bridgehead atoms. The molecule has 2 heteroatoms. The number of carboxylic acids is 1. The van der Waals surface area contributed by atoms with E-state index in [0.29, 0.717) is 55.2 Å². The van der Waals surface area contributed by atoms with Crippen molar-refractivity contribution in [1.82, 2.24) is 0 Å². The Morgan fingerprint density at radius 3 is 1.78 bits per heavy atom. The summed E-state index contributed by atoms with van der Waals surface area (Å²) >= 11 is 0. The lowest BCUT2D eigenvalue weighted by atomic mass is 9.32. The summed E-state index contributed by atoms with van der Waals surface area (Å²) < 4.78 is 0. The van der Waals surface area contributed by atoms with Crippen LogP contribution < -0.4 is 0 Å². The van der Waals surface area contributed by atoms with Gasteiger partial charge in [-0.1, -0.05) is 134 Å². The fraction of sp³-hybridized carbons (Fsp3) is 0.919. The zero-order chi connectivity index (χ0) is 46.9. The zero-order valence-corrected chi connectivity index (χ0v) is 45.3. The normalized spacial score (nSPS) is 55.3. The molecule has 64 heavy (non-hydrogen) atoms. The number of fused-ring (bicyclic) bond motifs is 14. The molecule has 8 saturated carbocycles. The molecular formula is C62H102O2. The first-order valence-electron chi connectivity index (χ1n) is 28.0. The highest BCUT2D eigenvalue weighted by atomic mass is 16.4. The van der Waals surface area contributed by atoms with Crippen molar-refractivity contribution < 1.29 is 9.90 Å². The van der Waals surface area contributed by atoms with Crippen molar-refractivity contribution >= 4 is 5.97 Å². The van der Waals surface area contributed by atoms with Gasteiger partial charge in [0.15, 0.2) is 0 Å². The van der Waals surface area contributed by atoms with Gasteiger partial charge in [0, 0.05) is 0 Å². The highest BCUT2D eigenvalue weighted by Gasteiger charge is 2.71. The van der Waals surface area contributed by atoms with Crippen LogP contribution in [0.4, 0.5) is 0 Å². The maximum absolute atomic E-state index is 12.7. The molecule has 0 amide bonds. The van der Waals surface area contributed by atoms with Crippen LogP contribution >= 0.6 is 0 Å². The van der Waals surface area contributed by atoms with Crippen molar-refractivity contribution in [1.29, 1.82) is 0 Å². The van der Waals surface area contributed by atoms with Gasteiger partial charge in [0.2, 0.25) is 0 Å². The van der Waals surface area contributed by atoms with Crippen LogP contribution in [0, 0.1) is 112 Å². The minimum atomic E-state index is -0.586. The standard InChI is InChI=1S/C31H50O2.C31H52/c1-20-11-13-28(5)23-10-9-21-22-19-26(2,3)15-16-27(22,4)17-18-29(21,6)30(23,7)14-12-24(28)31(20,8)25(32)33;1-21-12-14-29(7)24(27(21,4)5)13-15-31(9)25(29)11-10-22-23-20-26(2,3)16-17-28(23,6)18-19-30(22,31)8/h9,20,22-24H,10-19H2,1-8H3,(H,32,33);20-22,24-25H,10-19H2,1-9H3. The minimum absolute atomic E-state index is 0.129. The SMILES string of the molecule is CC1CCC2(C)C(CCC3(C)C2CC=C2C4CC(C)(C)CCC4(C)CCC23C)C1(C)C(=O)O.CC1CCC2(C)C(CCC3(C)C2CCC2C4=CC(C)(C)CCC4(C)CCC23C)C1(C)C. The first kappa shape index (κ1) is 48.0. The molecular weight excluding hydrogens is 777 g/mol. The Labute approximate surface area is 396 Å². The van der Waals surface area contributed by atoms with Crippen LogP contribution in [0.25, 0.3) is 0 Å². The first-order valence-corrected chi connectivity index (χ1v) is 28.0. The molecule has 10 aliphatic rings. The average molecular weight is 879 g/mol. The van der Waals surface area contributed by atoms with E-state index in [2.05, 4.69) is 130 Å². The lowest BCUT2D eigenvalue weighted by Gasteiger charge is -2.72. The second-order valence-electron chi connectivity index (χ2n) is 30.9. The molecule has 2 nitrogen and oxygen atoms in total. The second-order valence-corrected chi connectivity index (χ2v) is 30.9. The molecule has 0 heterocycles. The van der Waals surface area contributed by atoms with Crippen LogP contribution in [-0.2, 0) is 4.79 Å². The maximum Gasteiger partial charge on any atom is 0.309 e. The Morgan fingerprint density at radius 2 is 1.11 bits per heavy atom. The average Bonchev–Trinajstić information content (AvgIpc) is 3.20. The van der Waals surface area contributed by atoms with Crippen molar-refractivity contribution in [3.63, 3.8) is 0 Å². The van der Waals surface area contributed by atoms with Gasteiger partial charge in [-0.05, 0) is 242 Å². The fourth-order valence-corrected chi connectivity index (χ4v) is 21.6. The summed E-state index contributed by atoms with van der Waals surface area (Å²) in [5.74, 6) is 4.91. The van der Waals surface area contributed by atoms with E-state index >= 15 is 0 Å². The molecule has 0 radical (unpaired) electrons. The predicted octanol–water partition coefficient (Wildman–Crippen LogP) is 18.0. The third-order valence-electron chi connectivity index (χ3n) is 27.2. The van der Waals surface area contributed by atoms with E-state index in [-0.39, 0.29) is 22.2 Å². The van der Waals surface area contributed by atoms with Crippen molar-refractivity contribution in [3.05, 3.63) is 23.3 Å². The number of carbonyl (C=O) groups is 1. The van der Waals surface area contributed by atoms with Gasteiger partial charge in [-0.25, -0.2) is 0 Å². The Balaban J connectivity index is 0.000000162. The molecule has 8 fully saturated rings. The van der Waals surface area contributed by atoms with Gasteiger partial charge in [0.1, 0.15) is 0 Å². The van der Waals surface area contributed by atoms with E-state index < -0.39 is 11.4 Å². The molecule has 10 aliphatic carbocycles. The van der Waals surface area contributed by atoms with Crippen LogP contribution in [0.3, 0.4) is 0 Å². The number of carboxylic acid groups (broad SMARTS) is 1. The highest BCUT2D eigenvalue weighted by molar-refractivity contribution is 5.75. The molecule has 0 aromatic rings. The Morgan fingerprint density at radius 1 is 0.516 bits per heavy atom. The lowest BCUT2D eigenvalue weighted by Crippen LogP contribution is -2.65. The van der Waals surface area contributed by atoms with Crippen LogP contribution in [0.2, 0.25) is 0 Å². The maximum atomic E-state index is 12.7. The summed E-state index contributed by atoms with van der Waals surface area (Å²) in [5, 5.41) is 10.4. The summed E-state index contributed by atoms with van der Waals surface area (Å²) in [5.41, 5.74) is 7.71. The van der Waals surface area contributed by atoms with Gasteiger partial charge in [-0.15, -0.1) is 0 Å². The van der Waals surface area contributed by atoms with Gasteiger partial charge in [-0.2, -0.15) is 0 Å². The van der Waals surface area contributed by atoms with Gasteiger partial charge in [0.05, 0.1) is 5.41 Å². The van der Waals surface area contributed by atoms with E-state index in [9.17, 15) is 9.90 Å². The minimum Gasteiger partial charge on any atom is -0.481 e. The number of hydrogen-bond acceptors (Lipinski definition) is 1. The third kappa shape index (κ3) is 6.27. The molecule has 17 unspecified atom stereocenters. The number of aliphatic carboxylic acids is 1. The Kier molecular flexibility index (Phi) is 10.9. The van der Waals surface area contributed by atoms with E-state index in [0.717, 1.165) is 42.4 Å². The number of hydrogen-bond donors (Lipinski definition) is 1. The topological polar surface area (TPSA) is 37.3 Å². The largest absolute Gasteiger partial charge is 0.481 e. The lowest BCUT2D eigenvalue weighted by molar-refractivity contribution is -0.220. The molecule has 0 spiro atoms. The number of rotatable bonds is 1. The van der Waals surface area contributed by atoms with Gasteiger partial charge < -0.3 is 5.11 Å². The third-order valence-corrected chi connectivity index (χ3v) is 27.2. The Hall–Kier alpha value is -1.05. The van der Waals surface area contributed by atoms with Crippen LogP contribution in [-0.4, -0.2) is 11.1 Å². The summed E-state index contributed by atoms with van der Waals surface area (Å²) in [6, 6.07) is 0. The molecule has 0 aliphatic heterocycles. The van der Waals surface area contributed by atoms with Crippen LogP contribution in [0.1, 0.15) is 246 Å². The summed E-state index contributed by atoms with van der Waals surface area (Å²) in [6.45, 7) is 43.4. The van der Waals surface area contributed by atoms with Crippen molar-refractivity contribution in [2.45, 2.75) is 246 Å². The molecule has 10 rings (SSSR count). The smallest absolute Gasteiger partial charge is 0.309 e. The highest BCUT2D eigenvalue weighted by Crippen LogP contribution is 2.78. The molecule has 1 N–H and O–H groups in total. The molecule has 17 atom stereocenters. The molecule has 0 aromatic carbocycles. The van der Waals surface area contributed by atoms with E-state index in [1.807, 2.05) is 11.1 Å². The molecule has 0 saturated heterocycles. The zero-order valence-electron chi connectivity index (χ0n) is 45.3. The summed E-state index contributed by atoms with van der Waals surface area (Å²) in [6.07, 6.45) is 32.6. The first-order chi connectivity index (χ1) is 29.3. The monoisotopic (exact) mass is 879 g/mol. The van der Waals surface area contributed by atoms with Crippen LogP contribution in [0.15, 0.2) is 23.3 Å². The van der Waals surface area contributed by atoms with E-state index in [1.165, 1.54) is 116 Å². The number of allylic oxidation sites excluding steroid dienone is 4. The predicted molar refractivity (Wildman–Crippen MR) is 270 cm³/mol. The molecule has 0 aromatic heterocycles.